The zero-order valence-electron chi connectivity index (χ0n) is 16.7. The van der Waals surface area contributed by atoms with Gasteiger partial charge in [0.05, 0.1) is 0 Å². The Hall–Kier alpha value is -0.520. The van der Waals surface area contributed by atoms with Crippen molar-refractivity contribution in [3.05, 3.63) is 23.3 Å². The summed E-state index contributed by atoms with van der Waals surface area (Å²) >= 11 is 0. The highest BCUT2D eigenvalue weighted by Crippen LogP contribution is 2.66. The van der Waals surface area contributed by atoms with Crippen LogP contribution in [0.5, 0.6) is 0 Å². The second kappa shape index (κ2) is 5.75. The average Bonchev–Trinajstić information content (AvgIpc) is 2.92. The monoisotopic (exact) mass is 326 g/mol. The maximum absolute atomic E-state index is 2.66. The van der Waals surface area contributed by atoms with Gasteiger partial charge in [-0.1, -0.05) is 64.3 Å². The topological polar surface area (TPSA) is 0 Å². The smallest absolute Gasteiger partial charge is 0.00474 e. The molecule has 0 radical (unpaired) electrons. The van der Waals surface area contributed by atoms with Crippen molar-refractivity contribution in [1.82, 2.24) is 0 Å². The molecule has 4 rings (SSSR count). The van der Waals surface area contributed by atoms with E-state index in [4.69, 9.17) is 0 Å². The van der Waals surface area contributed by atoms with E-state index in [0.717, 1.165) is 29.6 Å². The zero-order chi connectivity index (χ0) is 17.1. The highest BCUT2D eigenvalue weighted by Gasteiger charge is 2.56. The molecular formula is C24H38. The summed E-state index contributed by atoms with van der Waals surface area (Å²) < 4.78 is 0. The van der Waals surface area contributed by atoms with Gasteiger partial charge < -0.3 is 0 Å². The van der Waals surface area contributed by atoms with Crippen LogP contribution in [0.2, 0.25) is 0 Å². The van der Waals surface area contributed by atoms with Crippen molar-refractivity contribution in [3.8, 4) is 0 Å². The molecule has 0 amide bonds. The number of rotatable bonds is 2. The van der Waals surface area contributed by atoms with E-state index in [1.807, 2.05) is 5.57 Å². The molecule has 3 saturated carbocycles. The third kappa shape index (κ3) is 2.24. The lowest BCUT2D eigenvalue weighted by Gasteiger charge is -2.55. The van der Waals surface area contributed by atoms with Gasteiger partial charge >= 0.3 is 0 Å². The van der Waals surface area contributed by atoms with Crippen LogP contribution < -0.4 is 0 Å². The van der Waals surface area contributed by atoms with Crippen molar-refractivity contribution < 1.29 is 0 Å². The second-order valence-corrected chi connectivity index (χ2v) is 10.3. The van der Waals surface area contributed by atoms with Crippen LogP contribution in [0.3, 0.4) is 0 Å². The zero-order valence-corrected chi connectivity index (χ0v) is 16.7. The third-order valence-corrected chi connectivity index (χ3v) is 9.22. The lowest BCUT2D eigenvalue weighted by atomic mass is 9.49. The molecule has 0 N–H and O–H groups in total. The Morgan fingerprint density at radius 3 is 2.58 bits per heavy atom. The number of fused-ring (bicyclic) bond motifs is 5. The van der Waals surface area contributed by atoms with Gasteiger partial charge in [-0.2, -0.15) is 0 Å². The Morgan fingerprint density at radius 2 is 1.83 bits per heavy atom. The maximum Gasteiger partial charge on any atom is -0.00474 e. The summed E-state index contributed by atoms with van der Waals surface area (Å²) in [4.78, 5) is 0. The number of hydrogen-bond donors (Lipinski definition) is 0. The minimum atomic E-state index is 0.492. The van der Waals surface area contributed by atoms with E-state index in [1.54, 1.807) is 5.57 Å². The summed E-state index contributed by atoms with van der Waals surface area (Å²) in [6.45, 7) is 12.6. The number of allylic oxidation sites excluding steroid dienone is 4. The molecule has 0 heteroatoms. The van der Waals surface area contributed by atoms with Crippen LogP contribution in [0.1, 0.15) is 86.0 Å². The summed E-state index contributed by atoms with van der Waals surface area (Å²) in [5, 5.41) is 0. The van der Waals surface area contributed by atoms with Gasteiger partial charge in [0.15, 0.2) is 0 Å². The maximum atomic E-state index is 2.66. The summed E-state index contributed by atoms with van der Waals surface area (Å²) in [6.07, 6.45) is 16.6. The van der Waals surface area contributed by atoms with E-state index in [0.29, 0.717) is 10.8 Å². The van der Waals surface area contributed by atoms with Gasteiger partial charge in [-0.05, 0) is 85.4 Å². The summed E-state index contributed by atoms with van der Waals surface area (Å²) in [6, 6.07) is 0. The fourth-order valence-electron chi connectivity index (χ4n) is 7.44. The van der Waals surface area contributed by atoms with Gasteiger partial charge in [0.25, 0.3) is 0 Å². The largest absolute Gasteiger partial charge is 0.0651 e. The van der Waals surface area contributed by atoms with Crippen molar-refractivity contribution in [2.45, 2.75) is 86.0 Å². The number of hydrogen-bond acceptors (Lipinski definition) is 0. The molecular weight excluding hydrogens is 288 g/mol. The van der Waals surface area contributed by atoms with Crippen LogP contribution in [0.25, 0.3) is 0 Å². The first-order valence-electron chi connectivity index (χ1n) is 10.8. The van der Waals surface area contributed by atoms with Crippen molar-refractivity contribution in [3.63, 3.8) is 0 Å². The van der Waals surface area contributed by atoms with E-state index in [2.05, 4.69) is 46.8 Å². The SMILES string of the molecule is CC[C@H](C)[C@H]1CC[C@H]2C3=CC=C4CC(C)CC[C@]4(C)[C@H]3CC[C@]12C. The van der Waals surface area contributed by atoms with Crippen molar-refractivity contribution in [2.75, 3.05) is 0 Å². The van der Waals surface area contributed by atoms with Crippen LogP contribution in [0.4, 0.5) is 0 Å². The van der Waals surface area contributed by atoms with E-state index >= 15 is 0 Å². The molecule has 0 nitrogen and oxygen atoms in total. The highest BCUT2D eigenvalue weighted by atomic mass is 14.6. The van der Waals surface area contributed by atoms with E-state index in [9.17, 15) is 0 Å². The summed E-state index contributed by atoms with van der Waals surface area (Å²) in [5.74, 6) is 4.49. The molecule has 0 heterocycles. The molecule has 0 aromatic heterocycles. The molecule has 0 bridgehead atoms. The minimum Gasteiger partial charge on any atom is -0.0651 e. The van der Waals surface area contributed by atoms with Crippen molar-refractivity contribution in [2.24, 2.45) is 40.4 Å². The molecule has 0 spiro atoms. The van der Waals surface area contributed by atoms with Crippen molar-refractivity contribution in [1.29, 1.82) is 0 Å². The first kappa shape index (κ1) is 16.9. The van der Waals surface area contributed by atoms with Gasteiger partial charge in [0.1, 0.15) is 0 Å². The fraction of sp³-hybridized carbons (Fsp3) is 0.833. The molecule has 7 atom stereocenters. The molecule has 0 saturated heterocycles. The quantitative estimate of drug-likeness (QED) is 0.504. The van der Waals surface area contributed by atoms with Crippen molar-refractivity contribution >= 4 is 0 Å². The van der Waals surface area contributed by atoms with Crippen LogP contribution in [-0.4, -0.2) is 0 Å². The summed E-state index contributed by atoms with van der Waals surface area (Å²) in [5.41, 5.74) is 4.73. The molecule has 0 aromatic rings. The molecule has 4 aliphatic rings. The molecule has 3 fully saturated rings. The van der Waals surface area contributed by atoms with Gasteiger partial charge in [-0.25, -0.2) is 0 Å². The Bertz CT molecular complexity index is 567. The lowest BCUT2D eigenvalue weighted by Crippen LogP contribution is -2.46. The first-order valence-corrected chi connectivity index (χ1v) is 10.8. The van der Waals surface area contributed by atoms with E-state index in [-0.39, 0.29) is 0 Å². The Morgan fingerprint density at radius 1 is 1.04 bits per heavy atom. The Labute approximate surface area is 150 Å². The molecule has 4 aliphatic carbocycles. The van der Waals surface area contributed by atoms with Crippen LogP contribution in [0.15, 0.2) is 23.3 Å². The van der Waals surface area contributed by atoms with E-state index in [1.165, 1.54) is 51.4 Å². The molecule has 0 aromatic carbocycles. The summed E-state index contributed by atoms with van der Waals surface area (Å²) in [7, 11) is 0. The van der Waals surface area contributed by atoms with Crippen LogP contribution in [-0.2, 0) is 0 Å². The predicted molar refractivity (Wildman–Crippen MR) is 104 cm³/mol. The van der Waals surface area contributed by atoms with Crippen LogP contribution in [0, 0.1) is 40.4 Å². The normalized spacial score (nSPS) is 48.7. The molecule has 1 unspecified atom stereocenters. The van der Waals surface area contributed by atoms with E-state index < -0.39 is 0 Å². The molecule has 24 heavy (non-hydrogen) atoms. The highest BCUT2D eigenvalue weighted by molar-refractivity contribution is 5.38. The molecule has 0 aliphatic heterocycles. The Kier molecular flexibility index (Phi) is 4.05. The predicted octanol–water partition coefficient (Wildman–Crippen LogP) is 7.17. The van der Waals surface area contributed by atoms with Crippen LogP contribution >= 0.6 is 0 Å². The average molecular weight is 327 g/mol. The third-order valence-electron chi connectivity index (χ3n) is 9.22. The van der Waals surface area contributed by atoms with Gasteiger partial charge in [0.2, 0.25) is 0 Å². The standard InChI is InChI=1S/C24H38/c1-6-17(3)20-9-10-21-19-8-7-18-15-16(2)11-13-23(18,4)22(19)12-14-24(20,21)5/h7-8,16-17,20-22H,6,9-15H2,1-5H3/t16?,17-,20+,21-,22-,23-,24+/m0/s1. The fourth-order valence-corrected chi connectivity index (χ4v) is 7.44. The van der Waals surface area contributed by atoms with Gasteiger partial charge in [0, 0.05) is 0 Å². The first-order chi connectivity index (χ1) is 11.4. The molecule has 134 valence electrons. The van der Waals surface area contributed by atoms with Gasteiger partial charge in [-0.3, -0.25) is 0 Å². The minimum absolute atomic E-state index is 0.492. The lowest BCUT2D eigenvalue weighted by molar-refractivity contribution is 0.0462. The second-order valence-electron chi connectivity index (χ2n) is 10.3. The Balaban J connectivity index is 1.68. The van der Waals surface area contributed by atoms with Gasteiger partial charge in [-0.15, -0.1) is 0 Å².